The average molecular weight is 319 g/mol. The van der Waals surface area contributed by atoms with Crippen molar-refractivity contribution in [2.45, 2.75) is 46.3 Å². The maximum Gasteiger partial charge on any atom is 0.0707 e. The summed E-state index contributed by atoms with van der Waals surface area (Å²) in [6.45, 7) is 12.1. The fourth-order valence-electron chi connectivity index (χ4n) is 2.45. The first-order valence-electron chi connectivity index (χ1n) is 8.85. The van der Waals surface area contributed by atoms with E-state index in [1.54, 1.807) is 6.92 Å². The molecule has 130 valence electrons. The van der Waals surface area contributed by atoms with Gasteiger partial charge >= 0.3 is 0 Å². The number of aliphatic hydroxyl groups excluding tert-OH is 1. The van der Waals surface area contributed by atoms with Crippen molar-refractivity contribution in [3.8, 4) is 0 Å². The number of rotatable bonds is 12. The van der Waals surface area contributed by atoms with Crippen molar-refractivity contribution >= 4 is 6.21 Å². The molecule has 0 amide bonds. The lowest BCUT2D eigenvalue weighted by molar-refractivity contribution is 0.204. The monoisotopic (exact) mass is 319 g/mol. The van der Waals surface area contributed by atoms with Crippen molar-refractivity contribution in [2.24, 2.45) is 4.99 Å². The van der Waals surface area contributed by atoms with Gasteiger partial charge in [0, 0.05) is 12.8 Å². The molecule has 1 unspecified atom stereocenters. The zero-order chi connectivity index (χ0) is 16.9. The maximum atomic E-state index is 9.21. The van der Waals surface area contributed by atoms with E-state index in [2.05, 4.69) is 47.3 Å². The summed E-state index contributed by atoms with van der Waals surface area (Å²) in [5.41, 5.74) is 2.36. The van der Waals surface area contributed by atoms with E-state index < -0.39 is 0 Å². The lowest BCUT2D eigenvalue weighted by atomic mass is 10.1. The molecule has 0 fully saturated rings. The van der Waals surface area contributed by atoms with E-state index in [1.165, 1.54) is 24.9 Å². The molecule has 0 spiro atoms. The Morgan fingerprint density at radius 3 is 2.74 bits per heavy atom. The van der Waals surface area contributed by atoms with Crippen LogP contribution in [0.25, 0.3) is 0 Å². The molecule has 0 saturated heterocycles. The van der Waals surface area contributed by atoms with Gasteiger partial charge in [0.25, 0.3) is 0 Å². The number of aliphatic hydroxyl groups is 1. The largest absolute Gasteiger partial charge is 0.391 e. The molecule has 1 rings (SSSR count). The molecular weight excluding hydrogens is 286 g/mol. The number of unbranched alkanes of at least 4 members (excludes halogenated alkanes) is 1. The van der Waals surface area contributed by atoms with Crippen LogP contribution in [0.2, 0.25) is 0 Å². The minimum atomic E-state index is -0.382. The van der Waals surface area contributed by atoms with E-state index in [9.17, 15) is 5.11 Å². The quantitative estimate of drug-likeness (QED) is 0.460. The molecule has 0 aliphatic rings. The Balaban J connectivity index is 2.23. The topological polar surface area (TPSA) is 47.9 Å². The second-order valence-electron chi connectivity index (χ2n) is 6.00. The molecule has 0 aliphatic heterocycles. The Morgan fingerprint density at radius 1 is 1.26 bits per heavy atom. The summed E-state index contributed by atoms with van der Waals surface area (Å²) >= 11 is 0. The van der Waals surface area contributed by atoms with Crippen molar-refractivity contribution in [3.05, 3.63) is 35.4 Å². The van der Waals surface area contributed by atoms with Crippen molar-refractivity contribution < 1.29 is 5.11 Å². The highest BCUT2D eigenvalue weighted by molar-refractivity contribution is 5.79. The van der Waals surface area contributed by atoms with Crippen LogP contribution in [0.5, 0.6) is 0 Å². The first-order chi connectivity index (χ1) is 11.2. The zero-order valence-corrected chi connectivity index (χ0v) is 15.0. The highest BCUT2D eigenvalue weighted by Gasteiger charge is 1.99. The summed E-state index contributed by atoms with van der Waals surface area (Å²) in [5, 5.41) is 12.7. The second-order valence-corrected chi connectivity index (χ2v) is 6.00. The Bertz CT molecular complexity index is 442. The summed E-state index contributed by atoms with van der Waals surface area (Å²) in [6, 6.07) is 8.38. The van der Waals surface area contributed by atoms with E-state index >= 15 is 0 Å². The van der Waals surface area contributed by atoms with Crippen LogP contribution in [-0.4, -0.2) is 55.0 Å². The molecule has 0 aliphatic carbocycles. The van der Waals surface area contributed by atoms with Gasteiger partial charge in [-0.3, -0.25) is 4.99 Å². The molecule has 4 heteroatoms. The summed E-state index contributed by atoms with van der Waals surface area (Å²) in [4.78, 5) is 6.70. The van der Waals surface area contributed by atoms with Crippen LogP contribution in [0.15, 0.2) is 29.3 Å². The van der Waals surface area contributed by atoms with Crippen molar-refractivity contribution in [1.29, 1.82) is 0 Å². The minimum Gasteiger partial charge on any atom is -0.391 e. The third-order valence-corrected chi connectivity index (χ3v) is 3.86. The SMILES string of the molecule is CCN(CC)CCCCNCc1cccc(C=NCC(C)O)c1. The van der Waals surface area contributed by atoms with Crippen molar-refractivity contribution in [1.82, 2.24) is 10.2 Å². The predicted octanol–water partition coefficient (Wildman–Crippen LogP) is 2.70. The number of nitrogens with zero attached hydrogens (tertiary/aromatic N) is 2. The molecule has 0 heterocycles. The van der Waals surface area contributed by atoms with Crippen LogP contribution in [-0.2, 0) is 6.54 Å². The van der Waals surface area contributed by atoms with E-state index in [1.807, 2.05) is 12.3 Å². The Labute approximate surface area is 141 Å². The highest BCUT2D eigenvalue weighted by atomic mass is 16.3. The normalized spacial score (nSPS) is 13.1. The van der Waals surface area contributed by atoms with Gasteiger partial charge in [0.1, 0.15) is 0 Å². The highest BCUT2D eigenvalue weighted by Crippen LogP contribution is 2.03. The number of hydrogen-bond donors (Lipinski definition) is 2. The van der Waals surface area contributed by atoms with E-state index in [-0.39, 0.29) is 6.10 Å². The summed E-state index contributed by atoms with van der Waals surface area (Å²) in [6.07, 6.45) is 3.92. The molecule has 0 radical (unpaired) electrons. The lowest BCUT2D eigenvalue weighted by Crippen LogP contribution is -2.25. The standard InChI is InChI=1S/C19H33N3O/c1-4-22(5-2)12-7-6-11-20-15-18-9-8-10-19(13-18)16-21-14-17(3)23/h8-10,13,16-17,20,23H,4-7,11-12,14-15H2,1-3H3. The maximum absolute atomic E-state index is 9.21. The fraction of sp³-hybridized carbons (Fsp3) is 0.632. The molecule has 1 aromatic rings. The molecule has 0 saturated carbocycles. The summed E-state index contributed by atoms with van der Waals surface area (Å²) in [7, 11) is 0. The summed E-state index contributed by atoms with van der Waals surface area (Å²) in [5.74, 6) is 0. The lowest BCUT2D eigenvalue weighted by Gasteiger charge is -2.17. The smallest absolute Gasteiger partial charge is 0.0707 e. The van der Waals surface area contributed by atoms with Gasteiger partial charge < -0.3 is 15.3 Å². The van der Waals surface area contributed by atoms with E-state index in [0.29, 0.717) is 6.54 Å². The molecule has 23 heavy (non-hydrogen) atoms. The Hall–Kier alpha value is -1.23. The van der Waals surface area contributed by atoms with Gasteiger partial charge in [-0.15, -0.1) is 0 Å². The van der Waals surface area contributed by atoms with Crippen molar-refractivity contribution in [3.63, 3.8) is 0 Å². The van der Waals surface area contributed by atoms with Crippen LogP contribution in [0.4, 0.5) is 0 Å². The minimum absolute atomic E-state index is 0.382. The third-order valence-electron chi connectivity index (χ3n) is 3.86. The van der Waals surface area contributed by atoms with Gasteiger partial charge in [-0.2, -0.15) is 0 Å². The van der Waals surface area contributed by atoms with Gasteiger partial charge in [-0.25, -0.2) is 0 Å². The number of benzene rings is 1. The fourth-order valence-corrected chi connectivity index (χ4v) is 2.45. The van der Waals surface area contributed by atoms with Gasteiger partial charge in [0.15, 0.2) is 0 Å². The molecular formula is C19H33N3O. The van der Waals surface area contributed by atoms with Gasteiger partial charge in [0.05, 0.1) is 12.6 Å². The van der Waals surface area contributed by atoms with E-state index in [0.717, 1.165) is 31.7 Å². The predicted molar refractivity (Wildman–Crippen MR) is 99.3 cm³/mol. The number of hydrogen-bond acceptors (Lipinski definition) is 4. The van der Waals surface area contributed by atoms with E-state index in [4.69, 9.17) is 0 Å². The van der Waals surface area contributed by atoms with Crippen LogP contribution >= 0.6 is 0 Å². The first-order valence-corrected chi connectivity index (χ1v) is 8.85. The van der Waals surface area contributed by atoms with Gasteiger partial charge in [0.2, 0.25) is 0 Å². The van der Waals surface area contributed by atoms with Gasteiger partial charge in [-0.1, -0.05) is 32.0 Å². The number of aliphatic imine (C=N–C) groups is 1. The molecule has 0 aromatic heterocycles. The third kappa shape index (κ3) is 9.49. The molecule has 1 atom stereocenters. The first kappa shape index (κ1) is 19.8. The van der Waals surface area contributed by atoms with Crippen LogP contribution in [0, 0.1) is 0 Å². The molecule has 0 bridgehead atoms. The number of nitrogens with one attached hydrogen (secondary N) is 1. The Morgan fingerprint density at radius 2 is 2.04 bits per heavy atom. The van der Waals surface area contributed by atoms with Crippen molar-refractivity contribution in [2.75, 3.05) is 32.7 Å². The second kappa shape index (κ2) is 12.2. The molecule has 1 aromatic carbocycles. The summed E-state index contributed by atoms with van der Waals surface area (Å²) < 4.78 is 0. The van der Waals surface area contributed by atoms with Crippen LogP contribution in [0.1, 0.15) is 44.7 Å². The Kier molecular flexibility index (Phi) is 10.5. The van der Waals surface area contributed by atoms with Crippen LogP contribution < -0.4 is 5.32 Å². The molecule has 2 N–H and O–H groups in total. The van der Waals surface area contributed by atoms with Crippen LogP contribution in [0.3, 0.4) is 0 Å². The zero-order valence-electron chi connectivity index (χ0n) is 15.0. The molecule has 4 nitrogen and oxygen atoms in total. The van der Waals surface area contributed by atoms with Gasteiger partial charge in [-0.05, 0) is 63.1 Å². The average Bonchev–Trinajstić information content (AvgIpc) is 2.54.